The number of nitrogens with zero attached hydrogens (tertiary/aromatic N) is 2. The molecule has 2 N–H and O–H groups in total. The highest BCUT2D eigenvalue weighted by molar-refractivity contribution is 6.35. The van der Waals surface area contributed by atoms with Gasteiger partial charge in [0.1, 0.15) is 5.82 Å². The molecule has 1 heterocycles. The van der Waals surface area contributed by atoms with Gasteiger partial charge < -0.3 is 10.4 Å². The van der Waals surface area contributed by atoms with Gasteiger partial charge in [-0.15, -0.1) is 0 Å². The lowest BCUT2D eigenvalue weighted by molar-refractivity contribution is 0.0690. The monoisotopic (exact) mass is 301 g/mol. The molecule has 2 aromatic rings. The SMILES string of the molecule is O=C(O)c1cncc(Nc2cc(Cl)c(F)c(Cl)c2)n1. The van der Waals surface area contributed by atoms with Crippen LogP contribution < -0.4 is 5.32 Å². The first-order chi connectivity index (χ1) is 8.97. The molecule has 1 aromatic carbocycles. The van der Waals surface area contributed by atoms with Gasteiger partial charge in [-0.3, -0.25) is 4.98 Å². The van der Waals surface area contributed by atoms with Crippen molar-refractivity contribution in [2.24, 2.45) is 0 Å². The maximum Gasteiger partial charge on any atom is 0.356 e. The fraction of sp³-hybridized carbons (Fsp3) is 0. The molecule has 8 heteroatoms. The number of aromatic carboxylic acids is 1. The summed E-state index contributed by atoms with van der Waals surface area (Å²) in [4.78, 5) is 18.3. The molecular formula is C11H6Cl2FN3O2. The Morgan fingerprint density at radius 3 is 2.47 bits per heavy atom. The highest BCUT2D eigenvalue weighted by Crippen LogP contribution is 2.28. The van der Waals surface area contributed by atoms with Crippen molar-refractivity contribution in [3.63, 3.8) is 0 Å². The van der Waals surface area contributed by atoms with Crippen molar-refractivity contribution >= 4 is 40.7 Å². The zero-order valence-corrected chi connectivity index (χ0v) is 10.7. The number of carboxylic acid groups (broad SMARTS) is 1. The van der Waals surface area contributed by atoms with Crippen LogP contribution in [0.5, 0.6) is 0 Å². The third-order valence-corrected chi connectivity index (χ3v) is 2.66. The minimum absolute atomic E-state index is 0.155. The number of halogens is 3. The predicted octanol–water partition coefficient (Wildman–Crippen LogP) is 3.36. The lowest BCUT2D eigenvalue weighted by atomic mass is 10.3. The van der Waals surface area contributed by atoms with Gasteiger partial charge in [-0.25, -0.2) is 14.2 Å². The fourth-order valence-corrected chi connectivity index (χ4v) is 1.79. The highest BCUT2D eigenvalue weighted by Gasteiger charge is 2.10. The Morgan fingerprint density at radius 2 is 1.89 bits per heavy atom. The normalized spacial score (nSPS) is 10.3. The Labute approximate surface area is 117 Å². The van der Waals surface area contributed by atoms with Crippen LogP contribution in [-0.4, -0.2) is 21.0 Å². The number of rotatable bonds is 3. The van der Waals surface area contributed by atoms with Gasteiger partial charge in [-0.2, -0.15) is 0 Å². The Bertz CT molecular complexity index is 629. The quantitative estimate of drug-likeness (QED) is 0.850. The molecule has 0 fully saturated rings. The predicted molar refractivity (Wildman–Crippen MR) is 68.7 cm³/mol. The van der Waals surface area contributed by atoms with Gasteiger partial charge in [0.2, 0.25) is 0 Å². The average Bonchev–Trinajstić information content (AvgIpc) is 2.36. The number of carbonyl (C=O) groups is 1. The smallest absolute Gasteiger partial charge is 0.356 e. The zero-order valence-electron chi connectivity index (χ0n) is 9.19. The summed E-state index contributed by atoms with van der Waals surface area (Å²) in [7, 11) is 0. The van der Waals surface area contributed by atoms with Crippen LogP contribution in [0.4, 0.5) is 15.9 Å². The van der Waals surface area contributed by atoms with Crippen LogP contribution >= 0.6 is 23.2 Å². The van der Waals surface area contributed by atoms with Crippen molar-refractivity contribution in [1.29, 1.82) is 0 Å². The molecular weight excluding hydrogens is 296 g/mol. The van der Waals surface area contributed by atoms with E-state index in [0.29, 0.717) is 5.69 Å². The molecule has 0 unspecified atom stereocenters. The van der Waals surface area contributed by atoms with Gasteiger partial charge in [0, 0.05) is 5.69 Å². The van der Waals surface area contributed by atoms with Crippen LogP contribution in [0.1, 0.15) is 10.5 Å². The summed E-state index contributed by atoms with van der Waals surface area (Å²) in [6.07, 6.45) is 2.43. The van der Waals surface area contributed by atoms with E-state index in [-0.39, 0.29) is 21.6 Å². The van der Waals surface area contributed by atoms with Crippen LogP contribution in [0.25, 0.3) is 0 Å². The van der Waals surface area contributed by atoms with Crippen molar-refractivity contribution in [2.45, 2.75) is 0 Å². The Balaban J connectivity index is 2.31. The molecule has 0 aliphatic rings. The number of anilines is 2. The largest absolute Gasteiger partial charge is 0.476 e. The van der Waals surface area contributed by atoms with E-state index in [4.69, 9.17) is 28.3 Å². The average molecular weight is 302 g/mol. The van der Waals surface area contributed by atoms with Crippen LogP contribution in [0.3, 0.4) is 0 Å². The van der Waals surface area contributed by atoms with Gasteiger partial charge in [0.15, 0.2) is 11.5 Å². The summed E-state index contributed by atoms with van der Waals surface area (Å²) in [5, 5.41) is 11.2. The Morgan fingerprint density at radius 1 is 1.26 bits per heavy atom. The van der Waals surface area contributed by atoms with Crippen molar-refractivity contribution < 1.29 is 14.3 Å². The molecule has 1 aromatic heterocycles. The van der Waals surface area contributed by atoms with Gasteiger partial charge in [-0.05, 0) is 12.1 Å². The number of hydrogen-bond donors (Lipinski definition) is 2. The molecule has 0 aliphatic carbocycles. The number of benzene rings is 1. The molecule has 0 spiro atoms. The summed E-state index contributed by atoms with van der Waals surface area (Å²) in [5.74, 6) is -1.75. The molecule has 0 amide bonds. The van der Waals surface area contributed by atoms with E-state index in [1.165, 1.54) is 18.3 Å². The summed E-state index contributed by atoms with van der Waals surface area (Å²) in [6.45, 7) is 0. The van der Waals surface area contributed by atoms with Gasteiger partial charge in [0.05, 0.1) is 22.4 Å². The zero-order chi connectivity index (χ0) is 14.0. The third-order valence-electron chi connectivity index (χ3n) is 2.11. The summed E-state index contributed by atoms with van der Waals surface area (Å²) in [5.41, 5.74) is 0.151. The summed E-state index contributed by atoms with van der Waals surface area (Å²) < 4.78 is 13.2. The van der Waals surface area contributed by atoms with E-state index in [1.54, 1.807) is 0 Å². The van der Waals surface area contributed by atoms with Crippen LogP contribution in [0.15, 0.2) is 24.5 Å². The van der Waals surface area contributed by atoms with Crippen molar-refractivity contribution in [3.8, 4) is 0 Å². The third kappa shape index (κ3) is 3.10. The molecule has 2 rings (SSSR count). The van der Waals surface area contributed by atoms with E-state index in [2.05, 4.69) is 15.3 Å². The minimum atomic E-state index is -1.20. The van der Waals surface area contributed by atoms with Crippen LogP contribution in [0.2, 0.25) is 10.0 Å². The molecule has 19 heavy (non-hydrogen) atoms. The van der Waals surface area contributed by atoms with Crippen molar-refractivity contribution in [1.82, 2.24) is 9.97 Å². The van der Waals surface area contributed by atoms with Crippen molar-refractivity contribution in [2.75, 3.05) is 5.32 Å². The molecule has 0 bridgehead atoms. The van der Waals surface area contributed by atoms with Gasteiger partial charge in [0.25, 0.3) is 0 Å². The van der Waals surface area contributed by atoms with Crippen LogP contribution in [0, 0.1) is 5.82 Å². The molecule has 0 radical (unpaired) electrons. The van der Waals surface area contributed by atoms with E-state index in [1.807, 2.05) is 0 Å². The molecule has 98 valence electrons. The first kappa shape index (κ1) is 13.5. The number of hydrogen-bond acceptors (Lipinski definition) is 4. The summed E-state index contributed by atoms with van der Waals surface area (Å²) in [6, 6.07) is 2.61. The Kier molecular flexibility index (Phi) is 3.82. The lowest BCUT2D eigenvalue weighted by Gasteiger charge is -2.07. The fourth-order valence-electron chi connectivity index (χ4n) is 1.30. The topological polar surface area (TPSA) is 75.1 Å². The maximum absolute atomic E-state index is 13.2. The maximum atomic E-state index is 13.2. The first-order valence-corrected chi connectivity index (χ1v) is 5.70. The molecule has 0 saturated carbocycles. The Hall–Kier alpha value is -1.92. The molecule has 0 atom stereocenters. The second-order valence-corrected chi connectivity index (χ2v) is 4.29. The summed E-state index contributed by atoms with van der Waals surface area (Å²) >= 11 is 11.3. The van der Waals surface area contributed by atoms with Crippen molar-refractivity contribution in [3.05, 3.63) is 46.1 Å². The van der Waals surface area contributed by atoms with Crippen LogP contribution in [-0.2, 0) is 0 Å². The van der Waals surface area contributed by atoms with Gasteiger partial charge >= 0.3 is 5.97 Å². The standard InChI is InChI=1S/C11H6Cl2FN3O2/c12-6-1-5(2-7(13)10(6)14)16-9-4-15-3-8(17-9)11(18)19/h1-4H,(H,16,17)(H,18,19). The van der Waals surface area contributed by atoms with Gasteiger partial charge in [-0.1, -0.05) is 23.2 Å². The lowest BCUT2D eigenvalue weighted by Crippen LogP contribution is -2.04. The molecule has 5 nitrogen and oxygen atoms in total. The number of nitrogens with one attached hydrogen (secondary N) is 1. The minimum Gasteiger partial charge on any atom is -0.476 e. The number of carboxylic acids is 1. The first-order valence-electron chi connectivity index (χ1n) is 4.94. The number of aromatic nitrogens is 2. The second-order valence-electron chi connectivity index (χ2n) is 3.47. The van der Waals surface area contributed by atoms with E-state index in [0.717, 1.165) is 6.20 Å². The second kappa shape index (κ2) is 5.38. The van der Waals surface area contributed by atoms with E-state index >= 15 is 0 Å². The highest BCUT2D eigenvalue weighted by atomic mass is 35.5. The molecule has 0 saturated heterocycles. The molecule has 0 aliphatic heterocycles. The van der Waals surface area contributed by atoms with E-state index in [9.17, 15) is 9.18 Å². The van der Waals surface area contributed by atoms with E-state index < -0.39 is 11.8 Å².